The van der Waals surface area contributed by atoms with Gasteiger partial charge < -0.3 is 10.1 Å². The fourth-order valence-corrected chi connectivity index (χ4v) is 2.15. The van der Waals surface area contributed by atoms with Crippen LogP contribution in [0.5, 0.6) is 5.75 Å². The molecule has 2 aromatic rings. The van der Waals surface area contributed by atoms with Gasteiger partial charge >= 0.3 is 0 Å². The Balaban J connectivity index is 1.62. The lowest BCUT2D eigenvalue weighted by molar-refractivity contribution is 0.306. The quantitative estimate of drug-likeness (QED) is 0.920. The second-order valence-electron chi connectivity index (χ2n) is 4.85. The molecule has 1 aliphatic rings. The highest BCUT2D eigenvalue weighted by molar-refractivity contribution is 5.99. The Hall–Kier alpha value is -2.30. The van der Waals surface area contributed by atoms with Crippen LogP contribution >= 0.6 is 0 Å². The summed E-state index contributed by atoms with van der Waals surface area (Å²) in [6.45, 7) is 2.44. The Morgan fingerprint density at radius 2 is 2.15 bits per heavy atom. The van der Waals surface area contributed by atoms with Crippen molar-refractivity contribution in [2.45, 2.75) is 13.0 Å². The highest BCUT2D eigenvalue weighted by atomic mass is 16.5. The predicted molar refractivity (Wildman–Crippen MR) is 78.0 cm³/mol. The van der Waals surface area contributed by atoms with Crippen molar-refractivity contribution < 1.29 is 4.74 Å². The SMILES string of the molecule is Cn1cc(COc2ccc(C3=NCCCN3)cc2)cn1. The molecule has 0 spiro atoms. The first kappa shape index (κ1) is 12.7. The number of hydrogen-bond donors (Lipinski definition) is 1. The molecule has 1 aromatic heterocycles. The van der Waals surface area contributed by atoms with Crippen LogP contribution in [0.15, 0.2) is 41.7 Å². The topological polar surface area (TPSA) is 51.4 Å². The lowest BCUT2D eigenvalue weighted by Crippen LogP contribution is -2.30. The Morgan fingerprint density at radius 1 is 1.30 bits per heavy atom. The average molecular weight is 270 g/mol. The van der Waals surface area contributed by atoms with E-state index in [0.717, 1.165) is 42.2 Å². The molecular weight excluding hydrogens is 252 g/mol. The molecule has 1 aliphatic heterocycles. The van der Waals surface area contributed by atoms with Gasteiger partial charge in [0.25, 0.3) is 0 Å². The van der Waals surface area contributed by atoms with Crippen molar-refractivity contribution in [3.8, 4) is 5.75 Å². The molecule has 20 heavy (non-hydrogen) atoms. The van der Waals surface area contributed by atoms with Gasteiger partial charge in [-0.15, -0.1) is 0 Å². The van der Waals surface area contributed by atoms with E-state index in [1.54, 1.807) is 4.68 Å². The highest BCUT2D eigenvalue weighted by Gasteiger charge is 2.06. The van der Waals surface area contributed by atoms with E-state index in [2.05, 4.69) is 15.4 Å². The zero-order valence-corrected chi connectivity index (χ0v) is 11.5. The van der Waals surface area contributed by atoms with Gasteiger partial charge in [0, 0.05) is 37.5 Å². The number of aryl methyl sites for hydroxylation is 1. The van der Waals surface area contributed by atoms with Crippen molar-refractivity contribution in [2.24, 2.45) is 12.0 Å². The van der Waals surface area contributed by atoms with Gasteiger partial charge in [0.05, 0.1) is 6.20 Å². The molecule has 104 valence electrons. The van der Waals surface area contributed by atoms with E-state index >= 15 is 0 Å². The minimum Gasteiger partial charge on any atom is -0.489 e. The normalized spacial score (nSPS) is 14.6. The van der Waals surface area contributed by atoms with Gasteiger partial charge in [-0.25, -0.2) is 0 Å². The first-order chi connectivity index (χ1) is 9.81. The van der Waals surface area contributed by atoms with Gasteiger partial charge in [-0.1, -0.05) is 0 Å². The summed E-state index contributed by atoms with van der Waals surface area (Å²) in [6.07, 6.45) is 4.87. The Kier molecular flexibility index (Phi) is 3.67. The van der Waals surface area contributed by atoms with E-state index in [1.807, 2.05) is 43.7 Å². The summed E-state index contributed by atoms with van der Waals surface area (Å²) in [5.41, 5.74) is 2.17. The molecule has 0 fully saturated rings. The molecule has 5 heteroatoms. The molecule has 1 aromatic carbocycles. The molecular formula is C15H18N4O. The molecule has 0 amide bonds. The predicted octanol–water partition coefficient (Wildman–Crippen LogP) is 1.74. The zero-order valence-electron chi connectivity index (χ0n) is 11.5. The molecule has 0 atom stereocenters. The summed E-state index contributed by atoms with van der Waals surface area (Å²) < 4.78 is 7.51. The smallest absolute Gasteiger partial charge is 0.128 e. The number of aromatic nitrogens is 2. The maximum atomic E-state index is 5.73. The number of hydrogen-bond acceptors (Lipinski definition) is 4. The Labute approximate surface area is 118 Å². The molecule has 1 N–H and O–H groups in total. The van der Waals surface area contributed by atoms with E-state index in [-0.39, 0.29) is 0 Å². The van der Waals surface area contributed by atoms with Crippen LogP contribution in [0.3, 0.4) is 0 Å². The van der Waals surface area contributed by atoms with Gasteiger partial charge in [-0.05, 0) is 30.7 Å². The van der Waals surface area contributed by atoms with E-state index in [0.29, 0.717) is 6.61 Å². The third kappa shape index (κ3) is 2.99. The van der Waals surface area contributed by atoms with Crippen molar-refractivity contribution in [3.63, 3.8) is 0 Å². The summed E-state index contributed by atoms with van der Waals surface area (Å²) >= 11 is 0. The standard InChI is InChI=1S/C15H18N4O/c1-19-10-12(9-18-19)11-20-14-5-3-13(4-6-14)15-16-7-2-8-17-15/h3-6,9-10H,2,7-8,11H2,1H3,(H,16,17). The van der Waals surface area contributed by atoms with Crippen LogP contribution in [0.1, 0.15) is 17.5 Å². The molecule has 0 unspecified atom stereocenters. The third-order valence-electron chi connectivity index (χ3n) is 3.19. The average Bonchev–Trinajstić information content (AvgIpc) is 2.92. The molecule has 2 heterocycles. The number of ether oxygens (including phenoxy) is 1. The van der Waals surface area contributed by atoms with Crippen molar-refractivity contribution in [1.29, 1.82) is 0 Å². The highest BCUT2D eigenvalue weighted by Crippen LogP contribution is 2.15. The van der Waals surface area contributed by atoms with Crippen LogP contribution in [0.25, 0.3) is 0 Å². The van der Waals surface area contributed by atoms with E-state index in [4.69, 9.17) is 4.74 Å². The van der Waals surface area contributed by atoms with Crippen LogP contribution in [0.4, 0.5) is 0 Å². The molecule has 0 aliphatic carbocycles. The molecule has 5 nitrogen and oxygen atoms in total. The Bertz CT molecular complexity index is 601. The van der Waals surface area contributed by atoms with E-state index in [1.165, 1.54) is 0 Å². The lowest BCUT2D eigenvalue weighted by atomic mass is 10.2. The monoisotopic (exact) mass is 270 g/mol. The first-order valence-electron chi connectivity index (χ1n) is 6.80. The van der Waals surface area contributed by atoms with Gasteiger partial charge in [-0.3, -0.25) is 9.67 Å². The fourth-order valence-electron chi connectivity index (χ4n) is 2.15. The Morgan fingerprint density at radius 3 is 2.80 bits per heavy atom. The number of nitrogens with one attached hydrogen (secondary N) is 1. The molecule has 0 radical (unpaired) electrons. The largest absolute Gasteiger partial charge is 0.489 e. The van der Waals surface area contributed by atoms with Crippen LogP contribution < -0.4 is 10.1 Å². The maximum Gasteiger partial charge on any atom is 0.128 e. The molecule has 3 rings (SSSR count). The summed E-state index contributed by atoms with van der Waals surface area (Å²) in [7, 11) is 1.90. The van der Waals surface area contributed by atoms with E-state index < -0.39 is 0 Å². The molecule has 0 saturated heterocycles. The number of rotatable bonds is 4. The molecule has 0 bridgehead atoms. The number of nitrogens with zero attached hydrogens (tertiary/aromatic N) is 3. The number of benzene rings is 1. The first-order valence-corrected chi connectivity index (χ1v) is 6.80. The van der Waals surface area contributed by atoms with Gasteiger partial charge in [0.15, 0.2) is 0 Å². The van der Waals surface area contributed by atoms with E-state index in [9.17, 15) is 0 Å². The fraction of sp³-hybridized carbons (Fsp3) is 0.333. The van der Waals surface area contributed by atoms with Crippen molar-refractivity contribution in [3.05, 3.63) is 47.8 Å². The van der Waals surface area contributed by atoms with Gasteiger partial charge in [0.2, 0.25) is 0 Å². The second kappa shape index (κ2) is 5.77. The second-order valence-corrected chi connectivity index (χ2v) is 4.85. The van der Waals surface area contributed by atoms with Crippen molar-refractivity contribution in [1.82, 2.24) is 15.1 Å². The van der Waals surface area contributed by atoms with Crippen LogP contribution in [-0.2, 0) is 13.7 Å². The maximum absolute atomic E-state index is 5.73. The summed E-state index contributed by atoms with van der Waals surface area (Å²) in [4.78, 5) is 4.48. The molecule has 0 saturated carbocycles. The van der Waals surface area contributed by atoms with Crippen molar-refractivity contribution in [2.75, 3.05) is 13.1 Å². The zero-order chi connectivity index (χ0) is 13.8. The van der Waals surface area contributed by atoms with Gasteiger partial charge in [-0.2, -0.15) is 5.10 Å². The summed E-state index contributed by atoms with van der Waals surface area (Å²) in [6, 6.07) is 8.03. The minimum absolute atomic E-state index is 0.534. The lowest BCUT2D eigenvalue weighted by Gasteiger charge is -2.14. The minimum atomic E-state index is 0.534. The number of amidine groups is 1. The number of aliphatic imine (C=N–C) groups is 1. The van der Waals surface area contributed by atoms with Gasteiger partial charge in [0.1, 0.15) is 18.2 Å². The summed E-state index contributed by atoms with van der Waals surface area (Å²) in [5, 5.41) is 7.43. The van der Waals surface area contributed by atoms with Crippen molar-refractivity contribution >= 4 is 5.84 Å². The van der Waals surface area contributed by atoms with Crippen LogP contribution in [-0.4, -0.2) is 28.7 Å². The van der Waals surface area contributed by atoms with Crippen LogP contribution in [0.2, 0.25) is 0 Å². The van der Waals surface area contributed by atoms with Crippen LogP contribution in [0, 0.1) is 0 Å². The third-order valence-corrected chi connectivity index (χ3v) is 3.19. The summed E-state index contributed by atoms with van der Waals surface area (Å²) in [5.74, 6) is 1.84.